The number of hydrogen-bond acceptors (Lipinski definition) is 5. The fourth-order valence-corrected chi connectivity index (χ4v) is 3.63. The summed E-state index contributed by atoms with van der Waals surface area (Å²) in [5, 5.41) is 1.22. The van der Waals surface area contributed by atoms with Gasteiger partial charge in [0.2, 0.25) is 0 Å². The maximum atomic E-state index is 5.76. The molecule has 3 heterocycles. The highest BCUT2D eigenvalue weighted by molar-refractivity contribution is 7.18. The lowest BCUT2D eigenvalue weighted by atomic mass is 9.97. The topological polar surface area (TPSA) is 55.0 Å². The Morgan fingerprint density at radius 1 is 1.35 bits per heavy atom. The zero-order chi connectivity index (χ0) is 13.2. The van der Waals surface area contributed by atoms with Gasteiger partial charge in [0.05, 0.1) is 5.39 Å². The smallest absolute Gasteiger partial charge is 0.140 e. The summed E-state index contributed by atoms with van der Waals surface area (Å²) < 4.78 is 0. The molecule has 1 aliphatic rings. The van der Waals surface area contributed by atoms with Crippen molar-refractivity contribution in [2.75, 3.05) is 24.5 Å². The van der Waals surface area contributed by atoms with Gasteiger partial charge in [0, 0.05) is 18.0 Å². The average Bonchev–Trinajstić information content (AvgIpc) is 2.90. The molecule has 0 radical (unpaired) electrons. The fourth-order valence-electron chi connectivity index (χ4n) is 2.70. The van der Waals surface area contributed by atoms with Crippen LogP contribution in [0.4, 0.5) is 5.82 Å². The Labute approximate surface area is 129 Å². The predicted octanol–water partition coefficient (Wildman–Crippen LogP) is 2.85. The number of fused-ring (bicyclic) bond motifs is 1. The van der Waals surface area contributed by atoms with Crippen molar-refractivity contribution >= 4 is 39.8 Å². The Bertz CT molecular complexity index is 563. The molecule has 0 amide bonds. The number of aryl methyl sites for hydroxylation is 1. The molecule has 3 rings (SSSR count). The molecule has 1 fully saturated rings. The maximum Gasteiger partial charge on any atom is 0.140 e. The molecule has 6 heteroatoms. The number of thiophene rings is 1. The summed E-state index contributed by atoms with van der Waals surface area (Å²) in [6, 6.07) is 2.25. The molecule has 0 bridgehead atoms. The quantitative estimate of drug-likeness (QED) is 0.947. The summed E-state index contributed by atoms with van der Waals surface area (Å²) in [6.45, 7) is 5.12. The van der Waals surface area contributed by atoms with Gasteiger partial charge >= 0.3 is 0 Å². The molecule has 2 N–H and O–H groups in total. The van der Waals surface area contributed by atoms with Crippen molar-refractivity contribution in [3.8, 4) is 0 Å². The summed E-state index contributed by atoms with van der Waals surface area (Å²) in [5.41, 5.74) is 5.76. The zero-order valence-corrected chi connectivity index (χ0v) is 13.3. The van der Waals surface area contributed by atoms with Crippen molar-refractivity contribution in [2.45, 2.75) is 26.2 Å². The van der Waals surface area contributed by atoms with E-state index in [2.05, 4.69) is 27.9 Å². The molecule has 2 aromatic rings. The van der Waals surface area contributed by atoms with E-state index in [-0.39, 0.29) is 12.4 Å². The van der Waals surface area contributed by atoms with Gasteiger partial charge in [-0.3, -0.25) is 0 Å². The summed E-state index contributed by atoms with van der Waals surface area (Å²) in [7, 11) is 0. The molecule has 1 aliphatic heterocycles. The highest BCUT2D eigenvalue weighted by Gasteiger charge is 2.21. The van der Waals surface area contributed by atoms with Crippen LogP contribution in [0.25, 0.3) is 10.2 Å². The molecule has 0 atom stereocenters. The lowest BCUT2D eigenvalue weighted by molar-refractivity contribution is 0.413. The van der Waals surface area contributed by atoms with Crippen LogP contribution in [-0.2, 0) is 6.42 Å². The van der Waals surface area contributed by atoms with Gasteiger partial charge in [-0.2, -0.15) is 0 Å². The highest BCUT2D eigenvalue weighted by Crippen LogP contribution is 2.32. The minimum Gasteiger partial charge on any atom is -0.356 e. The number of anilines is 1. The van der Waals surface area contributed by atoms with Gasteiger partial charge in [-0.1, -0.05) is 6.92 Å². The summed E-state index contributed by atoms with van der Waals surface area (Å²) in [5.74, 6) is 1.79. The van der Waals surface area contributed by atoms with Crippen LogP contribution in [0.2, 0.25) is 0 Å². The number of halogens is 1. The highest BCUT2D eigenvalue weighted by atomic mass is 35.5. The zero-order valence-electron chi connectivity index (χ0n) is 11.7. The second-order valence-corrected chi connectivity index (χ2v) is 6.26. The van der Waals surface area contributed by atoms with Gasteiger partial charge in [0.15, 0.2) is 0 Å². The van der Waals surface area contributed by atoms with Crippen LogP contribution in [0.1, 0.15) is 24.6 Å². The lowest BCUT2D eigenvalue weighted by Crippen LogP contribution is -2.36. The van der Waals surface area contributed by atoms with E-state index in [1.807, 2.05) is 0 Å². The summed E-state index contributed by atoms with van der Waals surface area (Å²) >= 11 is 1.78. The molecule has 1 saturated heterocycles. The van der Waals surface area contributed by atoms with Crippen molar-refractivity contribution in [2.24, 2.45) is 11.7 Å². The van der Waals surface area contributed by atoms with Crippen LogP contribution >= 0.6 is 23.7 Å². The molecule has 0 aromatic carbocycles. The molecule has 0 spiro atoms. The Kier molecular flexibility index (Phi) is 5.18. The minimum absolute atomic E-state index is 0. The number of hydrogen-bond donors (Lipinski definition) is 1. The van der Waals surface area contributed by atoms with E-state index in [9.17, 15) is 0 Å². The summed E-state index contributed by atoms with van der Waals surface area (Å²) in [4.78, 5) is 13.8. The van der Waals surface area contributed by atoms with Crippen LogP contribution in [0.5, 0.6) is 0 Å². The van der Waals surface area contributed by atoms with E-state index in [1.54, 1.807) is 17.7 Å². The molecule has 0 aliphatic carbocycles. The number of piperidine rings is 1. The van der Waals surface area contributed by atoms with Crippen molar-refractivity contribution in [1.29, 1.82) is 0 Å². The first-order chi connectivity index (χ1) is 9.31. The first-order valence-electron chi connectivity index (χ1n) is 7.00. The largest absolute Gasteiger partial charge is 0.356 e. The van der Waals surface area contributed by atoms with Crippen LogP contribution in [0.15, 0.2) is 12.4 Å². The Morgan fingerprint density at radius 2 is 2.10 bits per heavy atom. The third-order valence-electron chi connectivity index (χ3n) is 3.96. The van der Waals surface area contributed by atoms with E-state index in [0.717, 1.165) is 36.7 Å². The van der Waals surface area contributed by atoms with E-state index in [1.165, 1.54) is 23.1 Å². The van der Waals surface area contributed by atoms with Gasteiger partial charge in [-0.15, -0.1) is 23.7 Å². The third-order valence-corrected chi connectivity index (χ3v) is 5.14. The van der Waals surface area contributed by atoms with Crippen molar-refractivity contribution < 1.29 is 0 Å². The van der Waals surface area contributed by atoms with Crippen LogP contribution < -0.4 is 10.6 Å². The first-order valence-corrected chi connectivity index (χ1v) is 7.82. The molecule has 2 aromatic heterocycles. The molecule has 20 heavy (non-hydrogen) atoms. The second-order valence-electron chi connectivity index (χ2n) is 5.15. The second kappa shape index (κ2) is 6.70. The third kappa shape index (κ3) is 2.90. The Morgan fingerprint density at radius 3 is 2.75 bits per heavy atom. The van der Waals surface area contributed by atoms with Gasteiger partial charge < -0.3 is 10.6 Å². The standard InChI is InChI=1S/C14H20N4S.ClH/c1-2-11-7-12-13(16-9-17-14(12)19-11)18-5-3-10(8-15)4-6-18;/h7,9-10H,2-6,8,15H2,1H3;1H. The van der Waals surface area contributed by atoms with Gasteiger partial charge in [0.1, 0.15) is 17.0 Å². The molecule has 0 saturated carbocycles. The Hall–Kier alpha value is -0.910. The average molecular weight is 313 g/mol. The SMILES string of the molecule is CCc1cc2c(N3CCC(CN)CC3)ncnc2s1.Cl. The monoisotopic (exact) mass is 312 g/mol. The van der Waals surface area contributed by atoms with Gasteiger partial charge in [-0.25, -0.2) is 9.97 Å². The van der Waals surface area contributed by atoms with E-state index in [0.29, 0.717) is 5.92 Å². The molecule has 4 nitrogen and oxygen atoms in total. The molecular weight excluding hydrogens is 292 g/mol. The van der Waals surface area contributed by atoms with Crippen LogP contribution in [0.3, 0.4) is 0 Å². The maximum absolute atomic E-state index is 5.76. The minimum atomic E-state index is 0. The van der Waals surface area contributed by atoms with E-state index < -0.39 is 0 Å². The number of nitrogens with zero attached hydrogens (tertiary/aromatic N) is 3. The summed E-state index contributed by atoms with van der Waals surface area (Å²) in [6.07, 6.45) is 5.11. The first kappa shape index (κ1) is 15.5. The van der Waals surface area contributed by atoms with Crippen molar-refractivity contribution in [3.63, 3.8) is 0 Å². The van der Waals surface area contributed by atoms with Gasteiger partial charge in [0.25, 0.3) is 0 Å². The number of nitrogens with two attached hydrogens (primary N) is 1. The Balaban J connectivity index is 0.00000147. The molecule has 110 valence electrons. The van der Waals surface area contributed by atoms with Crippen LogP contribution in [-0.4, -0.2) is 29.6 Å². The lowest BCUT2D eigenvalue weighted by Gasteiger charge is -2.32. The van der Waals surface area contributed by atoms with Crippen molar-refractivity contribution in [1.82, 2.24) is 9.97 Å². The van der Waals surface area contributed by atoms with Crippen molar-refractivity contribution in [3.05, 3.63) is 17.3 Å². The van der Waals surface area contributed by atoms with E-state index in [4.69, 9.17) is 5.73 Å². The normalized spacial score (nSPS) is 16.4. The number of aromatic nitrogens is 2. The number of rotatable bonds is 3. The predicted molar refractivity (Wildman–Crippen MR) is 88.0 cm³/mol. The molecule has 0 unspecified atom stereocenters. The fraction of sp³-hybridized carbons (Fsp3) is 0.571. The van der Waals surface area contributed by atoms with Gasteiger partial charge in [-0.05, 0) is 37.8 Å². The molecular formula is C14H21ClN4S. The van der Waals surface area contributed by atoms with E-state index >= 15 is 0 Å². The van der Waals surface area contributed by atoms with Crippen LogP contribution in [0, 0.1) is 5.92 Å².